The molecule has 1 amide bonds. The molecule has 0 aliphatic heterocycles. The second-order valence-electron chi connectivity index (χ2n) is 6.61. The lowest BCUT2D eigenvalue weighted by Gasteiger charge is -2.02. The number of Topliss-reactive ketones (excluding diaryl/α,β-unsaturated/α-hetero) is 1. The van der Waals surface area contributed by atoms with E-state index in [9.17, 15) is 14.0 Å². The Balaban J connectivity index is 1.51. The Kier molecular flexibility index (Phi) is 4.58. The van der Waals surface area contributed by atoms with Crippen LogP contribution in [0.15, 0.2) is 54.6 Å². The van der Waals surface area contributed by atoms with Crippen LogP contribution in [0.25, 0.3) is 11.3 Å². The quantitative estimate of drug-likeness (QED) is 0.641. The van der Waals surface area contributed by atoms with Crippen LogP contribution in [0.4, 0.5) is 9.52 Å². The lowest BCUT2D eigenvalue weighted by Crippen LogP contribution is -2.14. The van der Waals surface area contributed by atoms with Gasteiger partial charge in [-0.2, -0.15) is 0 Å². The van der Waals surface area contributed by atoms with Crippen LogP contribution in [-0.4, -0.2) is 16.7 Å². The van der Waals surface area contributed by atoms with Crippen molar-refractivity contribution in [2.75, 3.05) is 5.32 Å². The number of nitrogens with zero attached hydrogens (tertiary/aromatic N) is 1. The van der Waals surface area contributed by atoms with Gasteiger partial charge in [0.1, 0.15) is 5.82 Å². The molecule has 1 N–H and O–H groups in total. The Hall–Kier alpha value is -2.86. The molecule has 136 valence electrons. The summed E-state index contributed by atoms with van der Waals surface area (Å²) < 4.78 is 13.0. The first kappa shape index (κ1) is 17.5. The summed E-state index contributed by atoms with van der Waals surface area (Å²) in [6, 6.07) is 15.7. The molecule has 6 heteroatoms. The van der Waals surface area contributed by atoms with E-state index in [0.29, 0.717) is 15.7 Å². The SMILES string of the molecule is CC(=O)c1sc(NC(=O)C2CC2c2ccc(F)cc2)nc1-c1ccccc1. The van der Waals surface area contributed by atoms with E-state index >= 15 is 0 Å². The third-order valence-electron chi connectivity index (χ3n) is 4.65. The predicted molar refractivity (Wildman–Crippen MR) is 103 cm³/mol. The molecule has 0 radical (unpaired) electrons. The van der Waals surface area contributed by atoms with Crippen molar-refractivity contribution in [3.05, 3.63) is 70.9 Å². The van der Waals surface area contributed by atoms with E-state index in [0.717, 1.165) is 17.5 Å². The van der Waals surface area contributed by atoms with E-state index < -0.39 is 0 Å². The average Bonchev–Trinajstić information content (AvgIpc) is 3.36. The summed E-state index contributed by atoms with van der Waals surface area (Å²) in [5, 5.41) is 3.27. The van der Waals surface area contributed by atoms with Crippen molar-refractivity contribution in [1.29, 1.82) is 0 Å². The fourth-order valence-electron chi connectivity index (χ4n) is 3.17. The number of benzene rings is 2. The number of ketones is 1. The molecule has 1 aliphatic carbocycles. The predicted octanol–water partition coefficient (Wildman–Crippen LogP) is 4.89. The molecule has 27 heavy (non-hydrogen) atoms. The minimum absolute atomic E-state index is 0.0811. The van der Waals surface area contributed by atoms with Crippen molar-refractivity contribution >= 4 is 28.2 Å². The fourth-order valence-corrected chi connectivity index (χ4v) is 4.05. The summed E-state index contributed by atoms with van der Waals surface area (Å²) in [5.74, 6) is -0.532. The molecule has 2 unspecified atom stereocenters. The Labute approximate surface area is 160 Å². The van der Waals surface area contributed by atoms with Crippen molar-refractivity contribution in [2.24, 2.45) is 5.92 Å². The zero-order valence-electron chi connectivity index (χ0n) is 14.6. The first-order valence-electron chi connectivity index (χ1n) is 8.66. The lowest BCUT2D eigenvalue weighted by atomic mass is 10.1. The minimum atomic E-state index is -0.284. The van der Waals surface area contributed by atoms with Crippen LogP contribution in [0, 0.1) is 11.7 Å². The van der Waals surface area contributed by atoms with E-state index in [1.165, 1.54) is 30.4 Å². The normalized spacial score (nSPS) is 18.1. The molecule has 2 atom stereocenters. The molecule has 1 heterocycles. The van der Waals surface area contributed by atoms with Crippen molar-refractivity contribution in [3.63, 3.8) is 0 Å². The number of carbonyl (C=O) groups excluding carboxylic acids is 2. The number of hydrogen-bond acceptors (Lipinski definition) is 4. The molecule has 1 saturated carbocycles. The summed E-state index contributed by atoms with van der Waals surface area (Å²) in [6.45, 7) is 1.50. The molecule has 4 rings (SSSR count). The third-order valence-corrected chi connectivity index (χ3v) is 5.72. The summed E-state index contributed by atoms with van der Waals surface area (Å²) >= 11 is 1.19. The number of halogens is 1. The molecule has 3 aromatic rings. The van der Waals surface area contributed by atoms with E-state index in [1.54, 1.807) is 12.1 Å². The number of hydrogen-bond donors (Lipinski definition) is 1. The molecule has 0 spiro atoms. The van der Waals surface area contributed by atoms with Crippen LogP contribution in [0.5, 0.6) is 0 Å². The molecule has 0 saturated heterocycles. The van der Waals surface area contributed by atoms with Gasteiger partial charge in [-0.05, 0) is 30.0 Å². The largest absolute Gasteiger partial charge is 0.302 e. The van der Waals surface area contributed by atoms with Crippen molar-refractivity contribution in [1.82, 2.24) is 4.98 Å². The van der Waals surface area contributed by atoms with Gasteiger partial charge in [-0.3, -0.25) is 9.59 Å². The van der Waals surface area contributed by atoms with E-state index in [-0.39, 0.29) is 29.3 Å². The lowest BCUT2D eigenvalue weighted by molar-refractivity contribution is -0.117. The van der Waals surface area contributed by atoms with Gasteiger partial charge in [0.2, 0.25) is 5.91 Å². The third kappa shape index (κ3) is 3.66. The van der Waals surface area contributed by atoms with Gasteiger partial charge < -0.3 is 5.32 Å². The molecular weight excluding hydrogens is 363 g/mol. The molecule has 1 aromatic heterocycles. The van der Waals surface area contributed by atoms with Crippen LogP contribution < -0.4 is 5.32 Å². The second kappa shape index (κ2) is 7.04. The summed E-state index contributed by atoms with van der Waals surface area (Å²) in [4.78, 5) is 29.5. The van der Waals surface area contributed by atoms with Crippen molar-refractivity contribution in [3.8, 4) is 11.3 Å². The van der Waals surface area contributed by atoms with Crippen LogP contribution in [0.1, 0.15) is 34.5 Å². The smallest absolute Gasteiger partial charge is 0.229 e. The second-order valence-corrected chi connectivity index (χ2v) is 7.61. The highest BCUT2D eigenvalue weighted by Crippen LogP contribution is 2.48. The Morgan fingerprint density at radius 2 is 1.81 bits per heavy atom. The van der Waals surface area contributed by atoms with Gasteiger partial charge in [0.05, 0.1) is 10.6 Å². The van der Waals surface area contributed by atoms with E-state index in [2.05, 4.69) is 10.3 Å². The number of rotatable bonds is 5. The standard InChI is InChI=1S/C21H17FN2O2S/c1-12(25)19-18(14-5-3-2-4-6-14)23-21(27-19)24-20(26)17-11-16(17)13-7-9-15(22)10-8-13/h2-10,16-17H,11H2,1H3,(H,23,24,26). The van der Waals surface area contributed by atoms with E-state index in [4.69, 9.17) is 0 Å². The molecule has 1 aliphatic rings. The number of thiazole rings is 1. The number of amides is 1. The van der Waals surface area contributed by atoms with Gasteiger partial charge in [-0.15, -0.1) is 0 Å². The van der Waals surface area contributed by atoms with Crippen LogP contribution in [0.2, 0.25) is 0 Å². The highest BCUT2D eigenvalue weighted by atomic mass is 32.1. The van der Waals surface area contributed by atoms with Crippen LogP contribution in [0.3, 0.4) is 0 Å². The van der Waals surface area contributed by atoms with Gasteiger partial charge in [0.25, 0.3) is 0 Å². The van der Waals surface area contributed by atoms with Gasteiger partial charge in [-0.25, -0.2) is 9.37 Å². The summed E-state index contributed by atoms with van der Waals surface area (Å²) in [6.07, 6.45) is 0.730. The average molecular weight is 380 g/mol. The number of anilines is 1. The molecule has 2 aromatic carbocycles. The molecular formula is C21H17FN2O2S. The molecule has 1 fully saturated rings. The maximum Gasteiger partial charge on any atom is 0.229 e. The summed E-state index contributed by atoms with van der Waals surface area (Å²) in [7, 11) is 0. The fraction of sp³-hybridized carbons (Fsp3) is 0.190. The highest BCUT2D eigenvalue weighted by Gasteiger charge is 2.44. The first-order valence-corrected chi connectivity index (χ1v) is 9.48. The Bertz CT molecular complexity index is 999. The molecule has 0 bridgehead atoms. The monoisotopic (exact) mass is 380 g/mol. The number of nitrogens with one attached hydrogen (secondary N) is 1. The van der Waals surface area contributed by atoms with Crippen molar-refractivity contribution < 1.29 is 14.0 Å². The summed E-state index contributed by atoms with van der Waals surface area (Å²) in [5.41, 5.74) is 2.40. The van der Waals surface area contributed by atoms with Gasteiger partial charge in [0, 0.05) is 18.4 Å². The van der Waals surface area contributed by atoms with Crippen molar-refractivity contribution in [2.45, 2.75) is 19.3 Å². The highest BCUT2D eigenvalue weighted by molar-refractivity contribution is 7.18. The first-order chi connectivity index (χ1) is 13.0. The number of aromatic nitrogens is 1. The topological polar surface area (TPSA) is 59.1 Å². The van der Waals surface area contributed by atoms with Gasteiger partial charge in [-0.1, -0.05) is 53.8 Å². The van der Waals surface area contributed by atoms with Gasteiger partial charge >= 0.3 is 0 Å². The molecule has 4 nitrogen and oxygen atoms in total. The minimum Gasteiger partial charge on any atom is -0.302 e. The maximum atomic E-state index is 13.0. The Morgan fingerprint density at radius 3 is 2.48 bits per heavy atom. The van der Waals surface area contributed by atoms with Crippen LogP contribution >= 0.6 is 11.3 Å². The van der Waals surface area contributed by atoms with Crippen LogP contribution in [-0.2, 0) is 4.79 Å². The van der Waals surface area contributed by atoms with E-state index in [1.807, 2.05) is 30.3 Å². The zero-order valence-corrected chi connectivity index (χ0v) is 15.4. The zero-order chi connectivity index (χ0) is 19.0. The number of carbonyl (C=O) groups is 2. The maximum absolute atomic E-state index is 13.0. The van der Waals surface area contributed by atoms with Gasteiger partial charge in [0.15, 0.2) is 10.9 Å². The Morgan fingerprint density at radius 1 is 1.11 bits per heavy atom.